The van der Waals surface area contributed by atoms with E-state index in [9.17, 15) is 74.9 Å². The number of aliphatic hydroxyl groups excluding tert-OH is 10. The Hall–Kier alpha value is -2.56. The van der Waals surface area contributed by atoms with E-state index in [0.717, 1.165) is 116 Å². The highest BCUT2D eigenvalue weighted by Crippen LogP contribution is 2.49. The second-order valence-electron chi connectivity index (χ2n) is 28.0. The standard InChI is InChI=1S/C74H135O24P/c1-5-8-11-14-17-19-21-23-24-26-28-29-31-37-42-47-58(76)90-51-55(93-60(78)49-44-39-34-33-36-41-46-54(4)45-40-35-16-13-10-7-3)52-92-99(88,89)98-72-70(96-73-68(86)63(81)61(79)56(50-75)94-73)66(84)65(83)67(85)71(72)97-74-69(87)64(82)62(80)57(95-74)53-91-59(77)48-43-38-32-30-27-25-22-20-18-15-12-9-6-2/h19,21,25,27,54-57,61-75,79-87H,5-18,20,22-24,26,28-53H2,1-4H3,(H,88,89)/b21-19-,27-25-. The highest BCUT2D eigenvalue weighted by atomic mass is 31.2. The highest BCUT2D eigenvalue weighted by Gasteiger charge is 2.58. The third kappa shape index (κ3) is 38.3. The van der Waals surface area contributed by atoms with Crippen LogP contribution in [0.4, 0.5) is 0 Å². The van der Waals surface area contributed by atoms with Crippen LogP contribution < -0.4 is 0 Å². The van der Waals surface area contributed by atoms with Crippen LogP contribution in [-0.4, -0.2) is 204 Å². The topological polar surface area (TPSA) is 374 Å². The smallest absolute Gasteiger partial charge is 0.463 e. The molecule has 0 bridgehead atoms. The minimum absolute atomic E-state index is 0.00775. The maximum Gasteiger partial charge on any atom is 0.472 e. The molecule has 3 aliphatic rings. The van der Waals surface area contributed by atoms with Crippen molar-refractivity contribution in [1.29, 1.82) is 0 Å². The lowest BCUT2D eigenvalue weighted by atomic mass is 9.84. The Kier molecular flexibility index (Phi) is 50.3. The molecule has 24 nitrogen and oxygen atoms in total. The Labute approximate surface area is 592 Å². The fourth-order valence-electron chi connectivity index (χ4n) is 12.7. The van der Waals surface area contributed by atoms with Crippen molar-refractivity contribution in [3.8, 4) is 0 Å². The van der Waals surface area contributed by atoms with E-state index in [0.29, 0.717) is 25.2 Å². The first kappa shape index (κ1) is 90.7. The maximum absolute atomic E-state index is 14.4. The summed E-state index contributed by atoms with van der Waals surface area (Å²) in [5.74, 6) is -1.33. The zero-order chi connectivity index (χ0) is 72.6. The van der Waals surface area contributed by atoms with E-state index in [4.69, 9.17) is 42.2 Å². The SMILES string of the molecule is CCCCCC/C=C\CCCCCCCCCC(=O)OCC(COP(=O)(O)OC1C(OC2OC(CO)C(O)C(O)C2O)C(O)C(O)C(O)C1OC1OC(COC(=O)CCCCC/C=C\CCCCCCCC)C(O)C(O)C1O)OC(=O)CCCCCCCCC(C)CCCCCCCC. The molecule has 1 aliphatic carbocycles. The molecule has 0 spiro atoms. The molecule has 25 heteroatoms. The largest absolute Gasteiger partial charge is 0.472 e. The molecule has 580 valence electrons. The number of hydrogen-bond acceptors (Lipinski definition) is 23. The summed E-state index contributed by atoms with van der Waals surface area (Å²) in [6.45, 7) is 5.73. The van der Waals surface area contributed by atoms with E-state index in [1.54, 1.807) is 0 Å². The van der Waals surface area contributed by atoms with Crippen molar-refractivity contribution >= 4 is 25.7 Å². The summed E-state index contributed by atoms with van der Waals surface area (Å²) in [5.41, 5.74) is 0. The number of phosphoric ester groups is 1. The summed E-state index contributed by atoms with van der Waals surface area (Å²) >= 11 is 0. The van der Waals surface area contributed by atoms with Crippen molar-refractivity contribution in [2.45, 2.75) is 395 Å². The van der Waals surface area contributed by atoms with E-state index in [1.165, 1.54) is 109 Å². The monoisotopic (exact) mass is 1440 g/mol. The van der Waals surface area contributed by atoms with Crippen molar-refractivity contribution in [3.05, 3.63) is 24.3 Å². The quantitative estimate of drug-likeness (QED) is 0.00886. The Bertz CT molecular complexity index is 2160. The zero-order valence-corrected chi connectivity index (χ0v) is 61.6. The van der Waals surface area contributed by atoms with Crippen LogP contribution in [0.3, 0.4) is 0 Å². The fourth-order valence-corrected chi connectivity index (χ4v) is 13.7. The van der Waals surface area contributed by atoms with Gasteiger partial charge in [-0.1, -0.05) is 225 Å². The number of allylic oxidation sites excluding steroid dienone is 4. The molecule has 3 rings (SSSR count). The molecule has 2 saturated heterocycles. The molecule has 2 aliphatic heterocycles. The van der Waals surface area contributed by atoms with Gasteiger partial charge in [-0.2, -0.15) is 0 Å². The molecule has 0 radical (unpaired) electrons. The number of esters is 3. The molecule has 19 unspecified atom stereocenters. The molecule has 99 heavy (non-hydrogen) atoms. The van der Waals surface area contributed by atoms with Crippen molar-refractivity contribution in [2.75, 3.05) is 26.4 Å². The second-order valence-corrected chi connectivity index (χ2v) is 29.4. The molecule has 0 amide bonds. The maximum atomic E-state index is 14.4. The fraction of sp³-hybridized carbons (Fsp3) is 0.905. The summed E-state index contributed by atoms with van der Waals surface area (Å²) in [6, 6.07) is 0. The molecule has 0 aromatic carbocycles. The average molecular weight is 1440 g/mol. The minimum Gasteiger partial charge on any atom is -0.463 e. The predicted octanol–water partition coefficient (Wildman–Crippen LogP) is 10.8. The van der Waals surface area contributed by atoms with Gasteiger partial charge in [0, 0.05) is 19.3 Å². The first-order valence-electron chi connectivity index (χ1n) is 38.5. The Balaban J connectivity index is 1.74. The summed E-state index contributed by atoms with van der Waals surface area (Å²) in [7, 11) is -5.70. The lowest BCUT2D eigenvalue weighted by molar-refractivity contribution is -0.360. The minimum atomic E-state index is -5.70. The zero-order valence-electron chi connectivity index (χ0n) is 60.7. The van der Waals surface area contributed by atoms with Crippen LogP contribution in [0, 0.1) is 5.92 Å². The molecular formula is C74H135O24P. The van der Waals surface area contributed by atoms with E-state index < -0.39 is 156 Å². The normalized spacial score (nSPS) is 27.9. The first-order chi connectivity index (χ1) is 47.7. The first-order valence-corrected chi connectivity index (χ1v) is 40.0. The lowest BCUT2D eigenvalue weighted by Gasteiger charge is -2.49. The molecule has 2 heterocycles. The van der Waals surface area contributed by atoms with Crippen molar-refractivity contribution < 1.29 is 117 Å². The van der Waals surface area contributed by atoms with Gasteiger partial charge >= 0.3 is 25.7 Å². The Morgan fingerprint density at radius 1 is 0.414 bits per heavy atom. The average Bonchev–Trinajstić information content (AvgIpc) is 0.761. The molecular weight excluding hydrogens is 1300 g/mol. The number of ether oxygens (including phenoxy) is 7. The van der Waals surface area contributed by atoms with Crippen molar-refractivity contribution in [1.82, 2.24) is 0 Å². The van der Waals surface area contributed by atoms with E-state index in [-0.39, 0.29) is 19.3 Å². The van der Waals surface area contributed by atoms with Crippen LogP contribution in [0.1, 0.15) is 291 Å². The van der Waals surface area contributed by atoms with E-state index in [2.05, 4.69) is 52.0 Å². The van der Waals surface area contributed by atoms with Crippen LogP contribution in [0.2, 0.25) is 0 Å². The third-order valence-corrected chi connectivity index (χ3v) is 20.1. The summed E-state index contributed by atoms with van der Waals surface area (Å²) < 4.78 is 65.1. The van der Waals surface area contributed by atoms with Gasteiger partial charge in [0.2, 0.25) is 0 Å². The van der Waals surface area contributed by atoms with Gasteiger partial charge in [0.1, 0.15) is 98.7 Å². The molecule has 0 aromatic rings. The number of hydrogen-bond donors (Lipinski definition) is 11. The lowest BCUT2D eigenvalue weighted by Crippen LogP contribution is -2.69. The summed E-state index contributed by atoms with van der Waals surface area (Å²) in [5, 5.41) is 110. The van der Waals surface area contributed by atoms with Crippen LogP contribution in [-0.2, 0) is 61.2 Å². The number of unbranched alkanes of at least 4 members (excludes halogenated alkanes) is 30. The number of phosphoric acid groups is 1. The molecule has 1 saturated carbocycles. The third-order valence-electron chi connectivity index (χ3n) is 19.1. The number of carbonyl (C=O) groups excluding carboxylic acids is 3. The van der Waals surface area contributed by atoms with Gasteiger partial charge in [0.15, 0.2) is 18.7 Å². The van der Waals surface area contributed by atoms with Gasteiger partial charge in [0.25, 0.3) is 0 Å². The number of carbonyl (C=O) groups is 3. The van der Waals surface area contributed by atoms with Gasteiger partial charge < -0.3 is 89.1 Å². The van der Waals surface area contributed by atoms with Gasteiger partial charge in [-0.25, -0.2) is 4.57 Å². The Morgan fingerprint density at radius 3 is 1.21 bits per heavy atom. The van der Waals surface area contributed by atoms with E-state index in [1.807, 2.05) is 0 Å². The number of rotatable bonds is 59. The van der Waals surface area contributed by atoms with Crippen molar-refractivity contribution in [3.63, 3.8) is 0 Å². The summed E-state index contributed by atoms with van der Waals surface area (Å²) in [4.78, 5) is 51.1. The van der Waals surface area contributed by atoms with Gasteiger partial charge in [-0.15, -0.1) is 0 Å². The predicted molar refractivity (Wildman–Crippen MR) is 374 cm³/mol. The molecule has 11 N–H and O–H groups in total. The highest BCUT2D eigenvalue weighted by molar-refractivity contribution is 7.47. The van der Waals surface area contributed by atoms with Crippen molar-refractivity contribution in [2.24, 2.45) is 5.92 Å². The molecule has 0 aromatic heterocycles. The van der Waals surface area contributed by atoms with Gasteiger partial charge in [-0.3, -0.25) is 23.4 Å². The van der Waals surface area contributed by atoms with E-state index >= 15 is 0 Å². The second kappa shape index (κ2) is 55.0. The molecule has 19 atom stereocenters. The number of aliphatic hydroxyl groups is 10. The van der Waals surface area contributed by atoms with Crippen LogP contribution >= 0.6 is 7.82 Å². The van der Waals surface area contributed by atoms with Crippen LogP contribution in [0.5, 0.6) is 0 Å². The van der Waals surface area contributed by atoms with Crippen LogP contribution in [0.25, 0.3) is 0 Å². The Morgan fingerprint density at radius 2 is 0.768 bits per heavy atom. The van der Waals surface area contributed by atoms with Gasteiger partial charge in [-0.05, 0) is 76.5 Å². The van der Waals surface area contributed by atoms with Crippen LogP contribution in [0.15, 0.2) is 24.3 Å². The van der Waals surface area contributed by atoms with Gasteiger partial charge in [0.05, 0.1) is 13.2 Å². The molecule has 3 fully saturated rings. The summed E-state index contributed by atoms with van der Waals surface area (Å²) in [6.07, 6.45) is 13.9.